The average Bonchev–Trinajstić information content (AvgIpc) is 3.36. The molecule has 8 heteroatoms. The molecule has 6 rings (SSSR count). The molecule has 1 aliphatic heterocycles. The smallest absolute Gasteiger partial charge is 0.171 e. The standard InChI is InChI=1S/C26H24N4O4/c1-12-6-7-16(25-24(12)32-8-9-33-25)23-22-17-11-20(31-5)18(21-13(2)30-34-14(21)3)10-19(17)29-26(22)28-15(4)27-23/h6-7,10-11H,8-9H2,1-5H3,(H,27,28,29). The van der Waals surface area contributed by atoms with Crippen LogP contribution in [0.25, 0.3) is 44.3 Å². The molecule has 0 bridgehead atoms. The van der Waals surface area contributed by atoms with E-state index in [0.717, 1.165) is 78.6 Å². The van der Waals surface area contributed by atoms with Crippen LogP contribution in [0.2, 0.25) is 0 Å². The van der Waals surface area contributed by atoms with Gasteiger partial charge in [-0.15, -0.1) is 0 Å². The number of hydrogen-bond donors (Lipinski definition) is 1. The Bertz CT molecular complexity index is 1580. The second-order valence-electron chi connectivity index (χ2n) is 8.55. The number of H-pyrrole nitrogens is 1. The third-order valence-electron chi connectivity index (χ3n) is 6.33. The summed E-state index contributed by atoms with van der Waals surface area (Å²) in [6, 6.07) is 8.16. The number of ether oxygens (including phenoxy) is 3. The number of aromatic nitrogens is 4. The summed E-state index contributed by atoms with van der Waals surface area (Å²) < 4.78 is 23.2. The Hall–Kier alpha value is -4.07. The Morgan fingerprint density at radius 3 is 2.47 bits per heavy atom. The van der Waals surface area contributed by atoms with Gasteiger partial charge in [-0.3, -0.25) is 0 Å². The van der Waals surface area contributed by atoms with Gasteiger partial charge in [0.25, 0.3) is 0 Å². The molecule has 0 saturated carbocycles. The molecule has 4 heterocycles. The number of fused-ring (bicyclic) bond motifs is 4. The van der Waals surface area contributed by atoms with E-state index in [2.05, 4.69) is 16.2 Å². The largest absolute Gasteiger partial charge is 0.496 e. The second kappa shape index (κ2) is 7.48. The molecule has 8 nitrogen and oxygen atoms in total. The van der Waals surface area contributed by atoms with Crippen LogP contribution in [0.3, 0.4) is 0 Å². The quantitative estimate of drug-likeness (QED) is 0.386. The van der Waals surface area contributed by atoms with Gasteiger partial charge < -0.3 is 23.7 Å². The second-order valence-corrected chi connectivity index (χ2v) is 8.55. The number of aryl methyl sites for hydroxylation is 4. The van der Waals surface area contributed by atoms with Gasteiger partial charge in [0, 0.05) is 22.0 Å². The summed E-state index contributed by atoms with van der Waals surface area (Å²) in [4.78, 5) is 13.0. The van der Waals surface area contributed by atoms with Gasteiger partial charge in [-0.05, 0) is 51.5 Å². The highest BCUT2D eigenvalue weighted by Crippen LogP contribution is 2.46. The Kier molecular flexibility index (Phi) is 4.52. The number of hydrogen-bond acceptors (Lipinski definition) is 7. The molecule has 2 aromatic carbocycles. The first-order valence-electron chi connectivity index (χ1n) is 11.2. The third-order valence-corrected chi connectivity index (χ3v) is 6.33. The summed E-state index contributed by atoms with van der Waals surface area (Å²) in [5, 5.41) is 5.98. The van der Waals surface area contributed by atoms with Crippen LogP contribution in [-0.4, -0.2) is 40.4 Å². The molecular weight excluding hydrogens is 432 g/mol. The van der Waals surface area contributed by atoms with Crippen LogP contribution in [0.1, 0.15) is 22.8 Å². The van der Waals surface area contributed by atoms with E-state index >= 15 is 0 Å². The Balaban J connectivity index is 1.68. The van der Waals surface area contributed by atoms with E-state index in [1.165, 1.54) is 0 Å². The van der Waals surface area contributed by atoms with Crippen molar-refractivity contribution in [2.75, 3.05) is 20.3 Å². The molecule has 0 saturated heterocycles. The lowest BCUT2D eigenvalue weighted by molar-refractivity contribution is 0.171. The molecule has 0 spiro atoms. The first-order valence-corrected chi connectivity index (χ1v) is 11.2. The number of rotatable bonds is 3. The highest BCUT2D eigenvalue weighted by atomic mass is 16.6. The van der Waals surface area contributed by atoms with E-state index in [4.69, 9.17) is 28.7 Å². The van der Waals surface area contributed by atoms with Crippen LogP contribution >= 0.6 is 0 Å². The van der Waals surface area contributed by atoms with Crippen molar-refractivity contribution in [3.05, 3.63) is 47.1 Å². The molecule has 3 aromatic heterocycles. The van der Waals surface area contributed by atoms with E-state index in [-0.39, 0.29) is 0 Å². The Labute approximate surface area is 195 Å². The first kappa shape index (κ1) is 20.5. The normalized spacial score (nSPS) is 13.1. The van der Waals surface area contributed by atoms with Gasteiger partial charge in [0.1, 0.15) is 36.2 Å². The summed E-state index contributed by atoms with van der Waals surface area (Å²) in [5.41, 5.74) is 7.03. The van der Waals surface area contributed by atoms with Gasteiger partial charge in [-0.1, -0.05) is 11.2 Å². The van der Waals surface area contributed by atoms with Gasteiger partial charge in [-0.25, -0.2) is 9.97 Å². The van der Waals surface area contributed by atoms with E-state index in [1.54, 1.807) is 7.11 Å². The van der Waals surface area contributed by atoms with Crippen molar-refractivity contribution in [1.29, 1.82) is 0 Å². The van der Waals surface area contributed by atoms with Gasteiger partial charge in [-0.2, -0.15) is 0 Å². The molecule has 0 unspecified atom stereocenters. The fourth-order valence-electron chi connectivity index (χ4n) is 4.82. The van der Waals surface area contributed by atoms with Gasteiger partial charge in [0.15, 0.2) is 11.5 Å². The predicted octanol–water partition coefficient (Wildman–Crippen LogP) is 5.45. The number of methoxy groups -OCH3 is 1. The fourth-order valence-corrected chi connectivity index (χ4v) is 4.82. The Morgan fingerprint density at radius 2 is 1.74 bits per heavy atom. The van der Waals surface area contributed by atoms with Crippen LogP contribution < -0.4 is 14.2 Å². The molecule has 5 aromatic rings. The lowest BCUT2D eigenvalue weighted by Gasteiger charge is -2.23. The van der Waals surface area contributed by atoms with Crippen LogP contribution in [-0.2, 0) is 0 Å². The van der Waals surface area contributed by atoms with E-state index in [0.29, 0.717) is 19.0 Å². The number of aromatic amines is 1. The third kappa shape index (κ3) is 2.95. The summed E-state index contributed by atoms with van der Waals surface area (Å²) >= 11 is 0. The zero-order chi connectivity index (χ0) is 23.6. The van der Waals surface area contributed by atoms with E-state index in [9.17, 15) is 0 Å². The molecule has 172 valence electrons. The SMILES string of the molecule is COc1cc2c(cc1-c1c(C)noc1C)[nH]c1nc(C)nc(-c3ccc(C)c4c3OCCO4)c12. The summed E-state index contributed by atoms with van der Waals surface area (Å²) in [6.07, 6.45) is 0. The molecule has 0 atom stereocenters. The minimum atomic E-state index is 0.499. The van der Waals surface area contributed by atoms with Crippen molar-refractivity contribution in [2.24, 2.45) is 0 Å². The average molecular weight is 457 g/mol. The van der Waals surface area contributed by atoms with Crippen LogP contribution in [0.15, 0.2) is 28.8 Å². The maximum Gasteiger partial charge on any atom is 0.171 e. The zero-order valence-electron chi connectivity index (χ0n) is 19.7. The summed E-state index contributed by atoms with van der Waals surface area (Å²) in [5.74, 6) is 3.62. The molecule has 1 N–H and O–H groups in total. The fraction of sp³-hybridized carbons (Fsp3) is 0.269. The van der Waals surface area contributed by atoms with Crippen molar-refractivity contribution >= 4 is 21.9 Å². The van der Waals surface area contributed by atoms with Gasteiger partial charge in [0.05, 0.1) is 29.4 Å². The molecule has 1 aliphatic rings. The number of benzene rings is 2. The maximum atomic E-state index is 6.07. The highest BCUT2D eigenvalue weighted by Gasteiger charge is 2.25. The van der Waals surface area contributed by atoms with Crippen LogP contribution in [0.5, 0.6) is 17.2 Å². The van der Waals surface area contributed by atoms with Crippen molar-refractivity contribution < 1.29 is 18.7 Å². The number of nitrogens with zero attached hydrogens (tertiary/aromatic N) is 3. The number of nitrogens with one attached hydrogen (secondary N) is 1. The lowest BCUT2D eigenvalue weighted by atomic mass is 9.99. The lowest BCUT2D eigenvalue weighted by Crippen LogP contribution is -2.17. The highest BCUT2D eigenvalue weighted by molar-refractivity contribution is 6.14. The van der Waals surface area contributed by atoms with E-state index in [1.807, 2.05) is 45.9 Å². The van der Waals surface area contributed by atoms with E-state index < -0.39 is 0 Å². The minimum Gasteiger partial charge on any atom is -0.496 e. The summed E-state index contributed by atoms with van der Waals surface area (Å²) in [6.45, 7) is 8.77. The predicted molar refractivity (Wildman–Crippen MR) is 129 cm³/mol. The van der Waals surface area contributed by atoms with Crippen molar-refractivity contribution in [2.45, 2.75) is 27.7 Å². The van der Waals surface area contributed by atoms with Crippen LogP contribution in [0, 0.1) is 27.7 Å². The van der Waals surface area contributed by atoms with Gasteiger partial charge >= 0.3 is 0 Å². The Morgan fingerprint density at radius 1 is 0.941 bits per heavy atom. The molecular formula is C26H24N4O4. The molecule has 0 fully saturated rings. The summed E-state index contributed by atoms with van der Waals surface area (Å²) in [7, 11) is 1.67. The molecule has 34 heavy (non-hydrogen) atoms. The zero-order valence-corrected chi connectivity index (χ0v) is 19.7. The van der Waals surface area contributed by atoms with Crippen molar-refractivity contribution in [1.82, 2.24) is 20.1 Å². The minimum absolute atomic E-state index is 0.499. The van der Waals surface area contributed by atoms with Crippen molar-refractivity contribution in [3.63, 3.8) is 0 Å². The van der Waals surface area contributed by atoms with Crippen LogP contribution in [0.4, 0.5) is 0 Å². The first-order chi connectivity index (χ1) is 16.5. The van der Waals surface area contributed by atoms with Gasteiger partial charge in [0.2, 0.25) is 0 Å². The molecule has 0 aliphatic carbocycles. The maximum absolute atomic E-state index is 6.07. The monoisotopic (exact) mass is 456 g/mol. The topological polar surface area (TPSA) is 95.3 Å². The molecule has 0 radical (unpaired) electrons. The molecule has 0 amide bonds. The van der Waals surface area contributed by atoms with Crippen molar-refractivity contribution in [3.8, 4) is 39.6 Å².